The minimum Gasteiger partial charge on any atom is -0.334 e. The van der Waals surface area contributed by atoms with Gasteiger partial charge in [-0.15, -0.1) is 11.3 Å². The van der Waals surface area contributed by atoms with Crippen molar-refractivity contribution in [1.29, 1.82) is 0 Å². The van der Waals surface area contributed by atoms with Crippen molar-refractivity contribution in [2.45, 2.75) is 12.5 Å². The zero-order valence-electron chi connectivity index (χ0n) is 33.4. The Morgan fingerprint density at radius 2 is 1.08 bits per heavy atom. The van der Waals surface area contributed by atoms with E-state index in [4.69, 9.17) is 0 Å². The molecule has 1 unspecified atom stereocenters. The molecule has 1 atom stereocenters. The van der Waals surface area contributed by atoms with E-state index in [2.05, 4.69) is 234 Å². The molecule has 0 saturated heterocycles. The van der Waals surface area contributed by atoms with E-state index in [1.54, 1.807) is 0 Å². The van der Waals surface area contributed by atoms with Crippen LogP contribution in [0.4, 0.5) is 28.4 Å². The van der Waals surface area contributed by atoms with Crippen LogP contribution in [-0.4, -0.2) is 6.04 Å². The zero-order valence-corrected chi connectivity index (χ0v) is 34.3. The lowest BCUT2D eigenvalue weighted by Gasteiger charge is -2.34. The number of para-hydroxylation sites is 2. The molecule has 10 aromatic rings. The summed E-state index contributed by atoms with van der Waals surface area (Å²) in [6.07, 6.45) is 7.96. The molecule has 288 valence electrons. The van der Waals surface area contributed by atoms with Crippen LogP contribution in [0.5, 0.6) is 0 Å². The summed E-state index contributed by atoms with van der Waals surface area (Å²) in [5.74, 6) is 0. The van der Waals surface area contributed by atoms with E-state index >= 15 is 0 Å². The molecule has 12 rings (SSSR count). The van der Waals surface area contributed by atoms with Gasteiger partial charge in [0.2, 0.25) is 0 Å². The number of rotatable bonds is 7. The summed E-state index contributed by atoms with van der Waals surface area (Å²) in [5, 5.41) is 5.24. The number of anilines is 5. The van der Waals surface area contributed by atoms with Crippen LogP contribution in [0.1, 0.15) is 12.0 Å². The minimum absolute atomic E-state index is 0.173. The normalized spacial score (nSPS) is 14.3. The molecule has 2 aliphatic rings. The zero-order chi connectivity index (χ0) is 40.3. The first-order chi connectivity index (χ1) is 30.2. The van der Waals surface area contributed by atoms with Gasteiger partial charge >= 0.3 is 0 Å². The topological polar surface area (TPSA) is 6.48 Å². The maximum Gasteiger partial charge on any atom is 0.0560 e. The van der Waals surface area contributed by atoms with Crippen molar-refractivity contribution >= 4 is 76.3 Å². The molecule has 2 heterocycles. The lowest BCUT2D eigenvalue weighted by Crippen LogP contribution is -2.30. The highest BCUT2D eigenvalue weighted by Gasteiger charge is 2.29. The fraction of sp³-hybridized carbons (Fsp3) is 0.0345. The molecule has 61 heavy (non-hydrogen) atoms. The van der Waals surface area contributed by atoms with Crippen molar-refractivity contribution in [3.63, 3.8) is 0 Å². The minimum atomic E-state index is 0.173. The lowest BCUT2D eigenvalue weighted by atomic mass is 9.87. The van der Waals surface area contributed by atoms with Gasteiger partial charge in [0, 0.05) is 53.7 Å². The van der Waals surface area contributed by atoms with E-state index in [9.17, 15) is 0 Å². The van der Waals surface area contributed by atoms with Gasteiger partial charge in [-0.2, -0.15) is 0 Å². The van der Waals surface area contributed by atoms with Gasteiger partial charge in [-0.3, -0.25) is 0 Å². The summed E-state index contributed by atoms with van der Waals surface area (Å²) in [6.45, 7) is 0. The molecule has 1 aliphatic heterocycles. The summed E-state index contributed by atoms with van der Waals surface area (Å²) in [5.41, 5.74) is 16.0. The molecule has 9 aromatic carbocycles. The van der Waals surface area contributed by atoms with Gasteiger partial charge < -0.3 is 9.80 Å². The molecule has 1 aliphatic carbocycles. The molecular weight excluding hydrogens is 757 g/mol. The van der Waals surface area contributed by atoms with Crippen molar-refractivity contribution in [2.24, 2.45) is 0 Å². The van der Waals surface area contributed by atoms with Gasteiger partial charge in [-0.1, -0.05) is 158 Å². The highest BCUT2D eigenvalue weighted by atomic mass is 32.1. The second-order valence-corrected chi connectivity index (χ2v) is 17.1. The van der Waals surface area contributed by atoms with Crippen LogP contribution >= 0.6 is 11.3 Å². The maximum absolute atomic E-state index is 2.49. The smallest absolute Gasteiger partial charge is 0.0560 e. The highest BCUT2D eigenvalue weighted by molar-refractivity contribution is 7.26. The van der Waals surface area contributed by atoms with E-state index < -0.39 is 0 Å². The first kappa shape index (κ1) is 35.5. The van der Waals surface area contributed by atoms with E-state index in [0.29, 0.717) is 0 Å². The summed E-state index contributed by atoms with van der Waals surface area (Å²) < 4.78 is 2.63. The molecule has 0 N–H and O–H groups in total. The van der Waals surface area contributed by atoms with Crippen LogP contribution in [0.15, 0.2) is 224 Å². The Morgan fingerprint density at radius 1 is 0.475 bits per heavy atom. The quantitative estimate of drug-likeness (QED) is 0.158. The Bertz CT molecular complexity index is 3310. The molecule has 0 fully saturated rings. The number of fused-ring (bicyclic) bond motifs is 6. The maximum atomic E-state index is 2.49. The SMILES string of the molecule is C1=CC(N(c2ccc(-c3ccccc3)cc2)c2ccc(-c3ccc4sc5cc6cccc7c6c(c5c4c3)-c3ccccc3N7c3ccccc3)cc2)CC=C1c1ccccc1. The predicted molar refractivity (Wildman–Crippen MR) is 262 cm³/mol. The number of hydrogen-bond acceptors (Lipinski definition) is 3. The number of benzene rings is 9. The molecule has 0 radical (unpaired) electrons. The van der Waals surface area contributed by atoms with Gasteiger partial charge in [-0.05, 0) is 112 Å². The number of allylic oxidation sites excluding steroid dienone is 2. The van der Waals surface area contributed by atoms with E-state index in [0.717, 1.165) is 6.42 Å². The summed E-state index contributed by atoms with van der Waals surface area (Å²) in [7, 11) is 0. The number of hydrogen-bond donors (Lipinski definition) is 0. The molecule has 0 bridgehead atoms. The third-order valence-corrected chi connectivity index (χ3v) is 13.6. The fourth-order valence-electron chi connectivity index (χ4n) is 9.63. The Balaban J connectivity index is 0.949. The standard InChI is InChI=1S/C58H40N2S/c1-4-13-39(14-5-1)41-23-30-47(31-24-41)59(48-32-25-42(26-33-48)40-15-6-2-7-16-40)49-34-27-43(28-35-49)44-29-36-54-51(37-44)57-55(61-54)38-45-17-12-22-53-56(45)58(57)50-20-10-11-21-52(50)60(53)46-18-8-3-9-19-46/h1-32,34-38,48H,33H2. The van der Waals surface area contributed by atoms with Gasteiger partial charge in [0.15, 0.2) is 0 Å². The molecule has 3 heteroatoms. The number of thiophene rings is 1. The van der Waals surface area contributed by atoms with Crippen LogP contribution in [0.3, 0.4) is 0 Å². The van der Waals surface area contributed by atoms with Crippen molar-refractivity contribution in [2.75, 3.05) is 9.80 Å². The Kier molecular flexibility index (Phi) is 8.53. The van der Waals surface area contributed by atoms with Crippen molar-refractivity contribution in [1.82, 2.24) is 0 Å². The average Bonchev–Trinajstić information content (AvgIpc) is 3.70. The third-order valence-electron chi connectivity index (χ3n) is 12.5. The second kappa shape index (κ2) is 14.7. The van der Waals surface area contributed by atoms with Crippen molar-refractivity contribution < 1.29 is 0 Å². The molecule has 0 amide bonds. The van der Waals surface area contributed by atoms with Gasteiger partial charge in [-0.25, -0.2) is 0 Å². The van der Waals surface area contributed by atoms with Gasteiger partial charge in [0.1, 0.15) is 0 Å². The van der Waals surface area contributed by atoms with E-state index in [-0.39, 0.29) is 6.04 Å². The monoisotopic (exact) mass is 796 g/mol. The highest BCUT2D eigenvalue weighted by Crippen LogP contribution is 2.55. The van der Waals surface area contributed by atoms with Crippen LogP contribution < -0.4 is 9.80 Å². The second-order valence-electron chi connectivity index (χ2n) is 16.0. The first-order valence-corrected chi connectivity index (χ1v) is 21.9. The van der Waals surface area contributed by atoms with Crippen molar-refractivity contribution in [3.05, 3.63) is 230 Å². The van der Waals surface area contributed by atoms with Gasteiger partial charge in [0.05, 0.1) is 17.4 Å². The molecular formula is C58H40N2S. The summed E-state index contributed by atoms with van der Waals surface area (Å²) in [4.78, 5) is 4.92. The molecule has 0 spiro atoms. The van der Waals surface area contributed by atoms with Crippen LogP contribution in [-0.2, 0) is 0 Å². The number of nitrogens with zero attached hydrogens (tertiary/aromatic N) is 2. The molecule has 0 saturated carbocycles. The van der Waals surface area contributed by atoms with Crippen LogP contribution in [0.2, 0.25) is 0 Å². The lowest BCUT2D eigenvalue weighted by molar-refractivity contribution is 0.787. The third kappa shape index (κ3) is 6.08. The van der Waals surface area contributed by atoms with E-state index in [1.807, 2.05) is 11.3 Å². The van der Waals surface area contributed by atoms with E-state index in [1.165, 1.54) is 104 Å². The Morgan fingerprint density at radius 3 is 1.79 bits per heavy atom. The predicted octanol–water partition coefficient (Wildman–Crippen LogP) is 16.5. The molecule has 1 aromatic heterocycles. The summed E-state index contributed by atoms with van der Waals surface area (Å²) >= 11 is 1.90. The van der Waals surface area contributed by atoms with Crippen LogP contribution in [0.25, 0.3) is 69.9 Å². The van der Waals surface area contributed by atoms with Gasteiger partial charge in [0.25, 0.3) is 0 Å². The molecule has 2 nitrogen and oxygen atoms in total. The Hall–Kier alpha value is -7.46. The van der Waals surface area contributed by atoms with Crippen LogP contribution in [0, 0.1) is 0 Å². The average molecular weight is 797 g/mol. The fourth-order valence-corrected chi connectivity index (χ4v) is 10.8. The van der Waals surface area contributed by atoms with Crippen molar-refractivity contribution in [3.8, 4) is 33.4 Å². The Labute approximate surface area is 360 Å². The largest absolute Gasteiger partial charge is 0.334 e. The first-order valence-electron chi connectivity index (χ1n) is 21.1. The summed E-state index contributed by atoms with van der Waals surface area (Å²) in [6, 6.07) is 75.7.